The SMILES string of the molecule is COCCOCC(=O)Nc1c(C)nn(-c2ccccc2)c1C. The quantitative estimate of drug-likeness (QED) is 0.795. The molecule has 0 bridgehead atoms. The van der Waals surface area contributed by atoms with Crippen LogP contribution in [0.2, 0.25) is 0 Å². The van der Waals surface area contributed by atoms with Crippen molar-refractivity contribution in [1.29, 1.82) is 0 Å². The maximum absolute atomic E-state index is 11.9. The molecule has 6 heteroatoms. The number of nitrogens with one attached hydrogen (secondary N) is 1. The van der Waals surface area contributed by atoms with Crippen LogP contribution in [0.4, 0.5) is 5.69 Å². The summed E-state index contributed by atoms with van der Waals surface area (Å²) in [6.45, 7) is 4.66. The van der Waals surface area contributed by atoms with E-state index < -0.39 is 0 Å². The summed E-state index contributed by atoms with van der Waals surface area (Å²) in [5.74, 6) is -0.199. The van der Waals surface area contributed by atoms with Crippen molar-refractivity contribution in [3.8, 4) is 5.69 Å². The molecule has 1 heterocycles. The molecule has 0 aliphatic rings. The van der Waals surface area contributed by atoms with Crippen molar-refractivity contribution >= 4 is 11.6 Å². The third-order valence-corrected chi connectivity index (χ3v) is 3.22. The molecule has 1 amide bonds. The van der Waals surface area contributed by atoms with Gasteiger partial charge < -0.3 is 14.8 Å². The van der Waals surface area contributed by atoms with Crippen LogP contribution < -0.4 is 5.32 Å². The second kappa shape index (κ2) is 7.72. The number of hydrogen-bond acceptors (Lipinski definition) is 4. The number of hydrogen-bond donors (Lipinski definition) is 1. The fraction of sp³-hybridized carbons (Fsp3) is 0.375. The van der Waals surface area contributed by atoms with Gasteiger partial charge in [-0.1, -0.05) is 18.2 Å². The summed E-state index contributed by atoms with van der Waals surface area (Å²) in [6, 6.07) is 9.80. The van der Waals surface area contributed by atoms with Crippen LogP contribution in [0.25, 0.3) is 5.69 Å². The summed E-state index contributed by atoms with van der Waals surface area (Å²) in [4.78, 5) is 11.9. The summed E-state index contributed by atoms with van der Waals surface area (Å²) in [5.41, 5.74) is 3.34. The standard InChI is InChI=1S/C16H21N3O3/c1-12-16(17-15(20)11-22-10-9-21-3)13(2)19(18-12)14-7-5-4-6-8-14/h4-8H,9-11H2,1-3H3,(H,17,20). The Labute approximate surface area is 130 Å². The van der Waals surface area contributed by atoms with Gasteiger partial charge in [0.05, 0.1) is 36.0 Å². The molecule has 1 aromatic heterocycles. The number of nitrogens with zero attached hydrogens (tertiary/aromatic N) is 2. The van der Waals surface area contributed by atoms with Crippen LogP contribution in [0.1, 0.15) is 11.4 Å². The first-order valence-electron chi connectivity index (χ1n) is 7.11. The van der Waals surface area contributed by atoms with E-state index in [0.29, 0.717) is 13.2 Å². The number of methoxy groups -OCH3 is 1. The van der Waals surface area contributed by atoms with Gasteiger partial charge in [0.15, 0.2) is 0 Å². The van der Waals surface area contributed by atoms with Gasteiger partial charge in [-0.2, -0.15) is 5.10 Å². The van der Waals surface area contributed by atoms with E-state index in [0.717, 1.165) is 22.8 Å². The van der Waals surface area contributed by atoms with Gasteiger partial charge in [-0.3, -0.25) is 4.79 Å². The lowest BCUT2D eigenvalue weighted by molar-refractivity contribution is -0.121. The first-order valence-corrected chi connectivity index (χ1v) is 7.11. The zero-order valence-electron chi connectivity index (χ0n) is 13.1. The van der Waals surface area contributed by atoms with E-state index in [4.69, 9.17) is 9.47 Å². The lowest BCUT2D eigenvalue weighted by Crippen LogP contribution is -2.20. The Hall–Kier alpha value is -2.18. The monoisotopic (exact) mass is 303 g/mol. The third kappa shape index (κ3) is 3.93. The Bertz CT molecular complexity index is 623. The summed E-state index contributed by atoms with van der Waals surface area (Å²) in [5, 5.41) is 7.34. The van der Waals surface area contributed by atoms with E-state index in [9.17, 15) is 4.79 Å². The zero-order valence-corrected chi connectivity index (χ0v) is 13.1. The second-order valence-electron chi connectivity index (χ2n) is 4.89. The Kier molecular flexibility index (Phi) is 5.68. The molecule has 118 valence electrons. The molecule has 0 saturated heterocycles. The zero-order chi connectivity index (χ0) is 15.9. The number of para-hydroxylation sites is 1. The average molecular weight is 303 g/mol. The number of aryl methyl sites for hydroxylation is 1. The Morgan fingerprint density at radius 2 is 1.95 bits per heavy atom. The first-order chi connectivity index (χ1) is 10.6. The molecular weight excluding hydrogens is 282 g/mol. The van der Waals surface area contributed by atoms with Gasteiger partial charge in [-0.25, -0.2) is 4.68 Å². The third-order valence-electron chi connectivity index (χ3n) is 3.22. The van der Waals surface area contributed by atoms with Crippen molar-refractivity contribution in [2.45, 2.75) is 13.8 Å². The molecule has 2 rings (SSSR count). The van der Waals surface area contributed by atoms with E-state index in [1.807, 2.05) is 48.9 Å². The number of carbonyl (C=O) groups is 1. The smallest absolute Gasteiger partial charge is 0.250 e. The lowest BCUT2D eigenvalue weighted by Gasteiger charge is -2.07. The fourth-order valence-electron chi connectivity index (χ4n) is 2.13. The maximum atomic E-state index is 11.9. The van der Waals surface area contributed by atoms with Crippen LogP contribution in [0.5, 0.6) is 0 Å². The number of carbonyl (C=O) groups excluding carboxylic acids is 1. The van der Waals surface area contributed by atoms with Gasteiger partial charge in [0.25, 0.3) is 0 Å². The minimum Gasteiger partial charge on any atom is -0.382 e. The molecule has 0 spiro atoms. The van der Waals surface area contributed by atoms with E-state index in [-0.39, 0.29) is 12.5 Å². The van der Waals surface area contributed by atoms with E-state index in [1.54, 1.807) is 7.11 Å². The number of benzene rings is 1. The van der Waals surface area contributed by atoms with Crippen molar-refractivity contribution in [2.24, 2.45) is 0 Å². The molecule has 0 atom stereocenters. The normalized spacial score (nSPS) is 10.7. The molecule has 0 unspecified atom stereocenters. The highest BCUT2D eigenvalue weighted by atomic mass is 16.5. The summed E-state index contributed by atoms with van der Waals surface area (Å²) < 4.78 is 11.9. The number of amides is 1. The summed E-state index contributed by atoms with van der Waals surface area (Å²) >= 11 is 0. The van der Waals surface area contributed by atoms with E-state index in [2.05, 4.69) is 10.4 Å². The van der Waals surface area contributed by atoms with Gasteiger partial charge >= 0.3 is 0 Å². The van der Waals surface area contributed by atoms with Crippen LogP contribution >= 0.6 is 0 Å². The Morgan fingerprint density at radius 1 is 1.23 bits per heavy atom. The number of rotatable bonds is 7. The van der Waals surface area contributed by atoms with Crippen LogP contribution in [-0.2, 0) is 14.3 Å². The molecule has 6 nitrogen and oxygen atoms in total. The van der Waals surface area contributed by atoms with Crippen LogP contribution in [0.15, 0.2) is 30.3 Å². The van der Waals surface area contributed by atoms with Gasteiger partial charge in [0, 0.05) is 7.11 Å². The van der Waals surface area contributed by atoms with Gasteiger partial charge in [0.2, 0.25) is 5.91 Å². The minimum atomic E-state index is -0.199. The van der Waals surface area contributed by atoms with Crippen LogP contribution in [0.3, 0.4) is 0 Å². The maximum Gasteiger partial charge on any atom is 0.250 e. The number of aromatic nitrogens is 2. The van der Waals surface area contributed by atoms with Crippen molar-refractivity contribution in [2.75, 3.05) is 32.2 Å². The van der Waals surface area contributed by atoms with Gasteiger partial charge in [0.1, 0.15) is 6.61 Å². The summed E-state index contributed by atoms with van der Waals surface area (Å²) in [7, 11) is 1.59. The minimum absolute atomic E-state index is 0.00123. The number of ether oxygens (including phenoxy) is 2. The molecule has 1 N–H and O–H groups in total. The highest BCUT2D eigenvalue weighted by Crippen LogP contribution is 2.22. The predicted octanol–water partition coefficient (Wildman–Crippen LogP) is 2.09. The molecule has 22 heavy (non-hydrogen) atoms. The van der Waals surface area contributed by atoms with E-state index >= 15 is 0 Å². The highest BCUT2D eigenvalue weighted by molar-refractivity contribution is 5.92. The molecular formula is C16H21N3O3. The highest BCUT2D eigenvalue weighted by Gasteiger charge is 2.15. The topological polar surface area (TPSA) is 65.4 Å². The first kappa shape index (κ1) is 16.2. The molecule has 0 aliphatic carbocycles. The molecule has 0 radical (unpaired) electrons. The predicted molar refractivity (Wildman–Crippen MR) is 84.4 cm³/mol. The molecule has 0 fully saturated rings. The van der Waals surface area contributed by atoms with Crippen molar-refractivity contribution in [1.82, 2.24) is 9.78 Å². The molecule has 0 aliphatic heterocycles. The Balaban J connectivity index is 2.06. The van der Waals surface area contributed by atoms with Crippen molar-refractivity contribution < 1.29 is 14.3 Å². The average Bonchev–Trinajstić information content (AvgIpc) is 2.80. The van der Waals surface area contributed by atoms with Crippen LogP contribution in [0, 0.1) is 13.8 Å². The molecule has 0 saturated carbocycles. The Morgan fingerprint density at radius 3 is 2.64 bits per heavy atom. The van der Waals surface area contributed by atoms with Gasteiger partial charge in [-0.15, -0.1) is 0 Å². The van der Waals surface area contributed by atoms with Crippen molar-refractivity contribution in [3.63, 3.8) is 0 Å². The fourth-order valence-corrected chi connectivity index (χ4v) is 2.13. The van der Waals surface area contributed by atoms with Gasteiger partial charge in [-0.05, 0) is 26.0 Å². The molecule has 2 aromatic rings. The summed E-state index contributed by atoms with van der Waals surface area (Å²) in [6.07, 6.45) is 0. The van der Waals surface area contributed by atoms with Crippen molar-refractivity contribution in [3.05, 3.63) is 41.7 Å². The molecule has 1 aromatic carbocycles. The number of anilines is 1. The van der Waals surface area contributed by atoms with E-state index in [1.165, 1.54) is 0 Å². The van der Waals surface area contributed by atoms with Crippen LogP contribution in [-0.4, -0.2) is 42.6 Å². The largest absolute Gasteiger partial charge is 0.382 e. The lowest BCUT2D eigenvalue weighted by atomic mass is 10.3. The second-order valence-corrected chi connectivity index (χ2v) is 4.89.